The van der Waals surface area contributed by atoms with Crippen LogP contribution in [0.1, 0.15) is 45.4 Å². The van der Waals surface area contributed by atoms with Crippen LogP contribution in [0.4, 0.5) is 4.79 Å². The Bertz CT molecular complexity index is 325. The molecule has 2 aliphatic rings. The van der Waals surface area contributed by atoms with Gasteiger partial charge in [-0.1, -0.05) is 12.8 Å². The summed E-state index contributed by atoms with van der Waals surface area (Å²) in [6, 6.07) is 0.142. The second kappa shape index (κ2) is 8.59. The Morgan fingerprint density at radius 2 is 2.10 bits per heavy atom. The lowest BCUT2D eigenvalue weighted by molar-refractivity contribution is 0.0556. The summed E-state index contributed by atoms with van der Waals surface area (Å²) in [5.74, 6) is 1.12. The Morgan fingerprint density at radius 3 is 2.86 bits per heavy atom. The van der Waals surface area contributed by atoms with Crippen LogP contribution in [-0.2, 0) is 4.74 Å². The van der Waals surface area contributed by atoms with Crippen LogP contribution in [-0.4, -0.2) is 55.0 Å². The highest BCUT2D eigenvalue weighted by molar-refractivity contribution is 5.64. The van der Waals surface area contributed by atoms with Gasteiger partial charge in [0.2, 0.25) is 0 Å². The predicted octanol–water partition coefficient (Wildman–Crippen LogP) is 2.56. The molecule has 0 aromatic carbocycles. The first-order chi connectivity index (χ1) is 10.2. The molecule has 0 spiro atoms. The summed E-state index contributed by atoms with van der Waals surface area (Å²) >= 11 is 0. The third-order valence-corrected chi connectivity index (χ3v) is 4.87. The van der Waals surface area contributed by atoms with Gasteiger partial charge in [-0.05, 0) is 51.0 Å². The molecule has 2 rings (SSSR count). The number of ether oxygens (including phenoxy) is 1. The lowest BCUT2D eigenvalue weighted by atomic mass is 9.83. The Kier molecular flexibility index (Phi) is 6.77. The third-order valence-electron chi connectivity index (χ3n) is 4.87. The van der Waals surface area contributed by atoms with Gasteiger partial charge in [0.05, 0.1) is 6.61 Å². The van der Waals surface area contributed by atoms with Gasteiger partial charge in [-0.2, -0.15) is 0 Å². The molecule has 1 amide bonds. The van der Waals surface area contributed by atoms with E-state index in [4.69, 9.17) is 9.84 Å². The molecule has 0 bridgehead atoms. The van der Waals surface area contributed by atoms with Gasteiger partial charge in [0.1, 0.15) is 0 Å². The van der Waals surface area contributed by atoms with Crippen molar-refractivity contribution in [3.05, 3.63) is 0 Å². The summed E-state index contributed by atoms with van der Waals surface area (Å²) < 4.78 is 5.57. The van der Waals surface area contributed by atoms with Crippen molar-refractivity contribution in [3.63, 3.8) is 0 Å². The minimum atomic E-state index is -0.875. The van der Waals surface area contributed by atoms with Gasteiger partial charge in [0.25, 0.3) is 0 Å². The molecule has 3 atom stereocenters. The Morgan fingerprint density at radius 1 is 1.29 bits per heavy atom. The van der Waals surface area contributed by atoms with Crippen molar-refractivity contribution >= 4 is 6.09 Å². The molecular formula is C16H30N2O3. The number of carboxylic acid groups (broad SMARTS) is 1. The second-order valence-electron chi connectivity index (χ2n) is 6.53. The number of hydrogen-bond acceptors (Lipinski definition) is 3. The number of nitrogens with zero attached hydrogens (tertiary/aromatic N) is 1. The van der Waals surface area contributed by atoms with E-state index in [-0.39, 0.29) is 6.04 Å². The average molecular weight is 298 g/mol. The van der Waals surface area contributed by atoms with Crippen molar-refractivity contribution < 1.29 is 14.6 Å². The van der Waals surface area contributed by atoms with Gasteiger partial charge >= 0.3 is 6.09 Å². The molecule has 0 aromatic rings. The van der Waals surface area contributed by atoms with Crippen LogP contribution in [0.5, 0.6) is 0 Å². The maximum Gasteiger partial charge on any atom is 0.404 e. The van der Waals surface area contributed by atoms with Crippen LogP contribution in [0.25, 0.3) is 0 Å². The van der Waals surface area contributed by atoms with Gasteiger partial charge in [0, 0.05) is 25.7 Å². The lowest BCUT2D eigenvalue weighted by Gasteiger charge is -2.39. The van der Waals surface area contributed by atoms with E-state index in [0.29, 0.717) is 11.8 Å². The molecule has 1 aliphatic carbocycles. The summed E-state index contributed by atoms with van der Waals surface area (Å²) in [5.41, 5.74) is 0. The van der Waals surface area contributed by atoms with E-state index >= 15 is 0 Å². The maximum atomic E-state index is 10.9. The Labute approximate surface area is 128 Å². The highest BCUT2D eigenvalue weighted by atomic mass is 16.5. The first-order valence-corrected chi connectivity index (χ1v) is 8.48. The zero-order valence-corrected chi connectivity index (χ0v) is 13.2. The Hall–Kier alpha value is -0.810. The molecule has 1 saturated carbocycles. The maximum absolute atomic E-state index is 10.9. The van der Waals surface area contributed by atoms with Gasteiger partial charge in [-0.15, -0.1) is 0 Å². The largest absolute Gasteiger partial charge is 0.465 e. The van der Waals surface area contributed by atoms with Crippen molar-refractivity contribution in [2.24, 2.45) is 11.8 Å². The van der Waals surface area contributed by atoms with Gasteiger partial charge in [0.15, 0.2) is 0 Å². The molecular weight excluding hydrogens is 268 g/mol. The number of carbonyl (C=O) groups is 1. The van der Waals surface area contributed by atoms with E-state index < -0.39 is 6.09 Å². The van der Waals surface area contributed by atoms with Crippen molar-refractivity contribution in [2.75, 3.05) is 32.8 Å². The summed E-state index contributed by atoms with van der Waals surface area (Å²) in [4.78, 5) is 13.5. The van der Waals surface area contributed by atoms with Crippen LogP contribution < -0.4 is 5.32 Å². The van der Waals surface area contributed by atoms with Crippen LogP contribution >= 0.6 is 0 Å². The van der Waals surface area contributed by atoms with Crippen LogP contribution in [0, 0.1) is 11.8 Å². The minimum Gasteiger partial charge on any atom is -0.465 e. The van der Waals surface area contributed by atoms with Gasteiger partial charge in [-0.3, -0.25) is 0 Å². The number of hydrogen-bond donors (Lipinski definition) is 2. The van der Waals surface area contributed by atoms with E-state index in [9.17, 15) is 4.79 Å². The topological polar surface area (TPSA) is 61.8 Å². The second-order valence-corrected chi connectivity index (χ2v) is 6.53. The van der Waals surface area contributed by atoms with Crippen molar-refractivity contribution in [2.45, 2.75) is 51.5 Å². The first-order valence-electron chi connectivity index (χ1n) is 8.48. The van der Waals surface area contributed by atoms with Crippen molar-refractivity contribution in [1.82, 2.24) is 10.2 Å². The van der Waals surface area contributed by atoms with Crippen molar-refractivity contribution in [1.29, 1.82) is 0 Å². The highest BCUT2D eigenvalue weighted by Gasteiger charge is 2.29. The standard InChI is InChI=1S/C16H30N2O3/c1-2-21-12-13-6-5-9-18(10-13)11-14-7-3-4-8-15(14)17-16(19)20/h13-15,17H,2-12H2,1H3,(H,19,20). The molecule has 2 fully saturated rings. The zero-order chi connectivity index (χ0) is 15.1. The third kappa shape index (κ3) is 5.47. The average Bonchev–Trinajstić information content (AvgIpc) is 2.47. The number of nitrogens with one attached hydrogen (secondary N) is 1. The first kappa shape index (κ1) is 16.6. The van der Waals surface area contributed by atoms with E-state index in [2.05, 4.69) is 10.2 Å². The number of piperidine rings is 1. The highest BCUT2D eigenvalue weighted by Crippen LogP contribution is 2.27. The molecule has 2 N–H and O–H groups in total. The lowest BCUT2D eigenvalue weighted by Crippen LogP contribution is -2.48. The SMILES string of the molecule is CCOCC1CCCN(CC2CCCCC2NC(=O)O)C1. The summed E-state index contributed by atoms with van der Waals surface area (Å²) in [6.45, 7) is 7.01. The minimum absolute atomic E-state index is 0.142. The van der Waals surface area contributed by atoms with Gasteiger partial charge in [-0.25, -0.2) is 4.79 Å². The smallest absolute Gasteiger partial charge is 0.404 e. The molecule has 122 valence electrons. The molecule has 5 nitrogen and oxygen atoms in total. The summed E-state index contributed by atoms with van der Waals surface area (Å²) in [6.07, 6.45) is 6.15. The molecule has 5 heteroatoms. The zero-order valence-electron chi connectivity index (χ0n) is 13.2. The van der Waals surface area contributed by atoms with Crippen LogP contribution in [0.15, 0.2) is 0 Å². The number of likely N-dealkylation sites (tertiary alicyclic amines) is 1. The fourth-order valence-electron chi connectivity index (χ4n) is 3.84. The monoisotopic (exact) mass is 298 g/mol. The number of amides is 1. The van der Waals surface area contributed by atoms with Crippen molar-refractivity contribution in [3.8, 4) is 0 Å². The molecule has 0 radical (unpaired) electrons. The molecule has 1 saturated heterocycles. The molecule has 1 aliphatic heterocycles. The van der Waals surface area contributed by atoms with E-state index in [1.54, 1.807) is 0 Å². The van der Waals surface area contributed by atoms with Gasteiger partial charge < -0.3 is 20.1 Å². The summed E-state index contributed by atoms with van der Waals surface area (Å²) in [7, 11) is 0. The van der Waals surface area contributed by atoms with E-state index in [0.717, 1.165) is 52.1 Å². The molecule has 3 unspecified atom stereocenters. The van der Waals surface area contributed by atoms with Crippen LogP contribution in [0.3, 0.4) is 0 Å². The fourth-order valence-corrected chi connectivity index (χ4v) is 3.84. The Balaban J connectivity index is 1.81. The van der Waals surface area contributed by atoms with E-state index in [1.807, 2.05) is 6.92 Å². The predicted molar refractivity (Wildman–Crippen MR) is 82.6 cm³/mol. The normalized spacial score (nSPS) is 31.0. The fraction of sp³-hybridized carbons (Fsp3) is 0.938. The molecule has 21 heavy (non-hydrogen) atoms. The van der Waals surface area contributed by atoms with Crippen LogP contribution in [0.2, 0.25) is 0 Å². The molecule has 1 heterocycles. The quantitative estimate of drug-likeness (QED) is 0.791. The summed E-state index contributed by atoms with van der Waals surface area (Å²) in [5, 5.41) is 11.7. The number of rotatable bonds is 6. The van der Waals surface area contributed by atoms with E-state index in [1.165, 1.54) is 19.3 Å². The molecule has 0 aromatic heterocycles.